The van der Waals surface area contributed by atoms with Gasteiger partial charge in [-0.2, -0.15) is 0 Å². The van der Waals surface area contributed by atoms with Crippen LogP contribution in [-0.4, -0.2) is 23.0 Å². The molecular formula is C16H14ClN3OS. The Morgan fingerprint density at radius 2 is 2.09 bits per heavy atom. The lowest BCUT2D eigenvalue weighted by molar-refractivity contribution is 0.220. The number of halogens is 1. The summed E-state index contributed by atoms with van der Waals surface area (Å²) < 4.78 is 1.05. The lowest BCUT2D eigenvalue weighted by atomic mass is 10.2. The number of carbonyl (C=O) groups excluding carboxylic acids is 1. The summed E-state index contributed by atoms with van der Waals surface area (Å²) in [6, 6.07) is 15.1. The second-order valence-corrected chi connectivity index (χ2v) is 6.37. The summed E-state index contributed by atoms with van der Waals surface area (Å²) in [6.45, 7) is 0.483. The topological polar surface area (TPSA) is 45.2 Å². The van der Waals surface area contributed by atoms with Gasteiger partial charge in [0.15, 0.2) is 5.13 Å². The second kappa shape index (κ2) is 6.34. The molecule has 0 aliphatic carbocycles. The largest absolute Gasteiger partial charge is 0.323 e. The molecule has 112 valence electrons. The average molecular weight is 332 g/mol. The van der Waals surface area contributed by atoms with Crippen LogP contribution in [0.3, 0.4) is 0 Å². The Kier molecular flexibility index (Phi) is 4.27. The number of urea groups is 1. The number of nitrogens with zero attached hydrogens (tertiary/aromatic N) is 2. The van der Waals surface area contributed by atoms with Gasteiger partial charge in [-0.05, 0) is 29.8 Å². The van der Waals surface area contributed by atoms with E-state index in [2.05, 4.69) is 10.3 Å². The minimum absolute atomic E-state index is 0.195. The van der Waals surface area contributed by atoms with Gasteiger partial charge in [-0.1, -0.05) is 47.2 Å². The van der Waals surface area contributed by atoms with Crippen LogP contribution < -0.4 is 5.32 Å². The van der Waals surface area contributed by atoms with Crippen molar-refractivity contribution in [1.82, 2.24) is 9.88 Å². The number of aromatic nitrogens is 1. The van der Waals surface area contributed by atoms with Crippen LogP contribution in [0.4, 0.5) is 9.93 Å². The number of hydrogen-bond acceptors (Lipinski definition) is 3. The van der Waals surface area contributed by atoms with Crippen LogP contribution in [0.15, 0.2) is 48.5 Å². The standard InChI is InChI=1S/C16H14ClN3OS/c1-20(10-11-5-4-6-12(17)9-11)16(21)19-15-18-13-7-2-3-8-14(13)22-15/h2-9H,10H2,1H3,(H,18,19,21). The molecule has 0 aliphatic heterocycles. The summed E-state index contributed by atoms with van der Waals surface area (Å²) in [6.07, 6.45) is 0. The molecule has 0 bridgehead atoms. The van der Waals surface area contributed by atoms with E-state index < -0.39 is 0 Å². The zero-order valence-corrected chi connectivity index (χ0v) is 13.5. The monoisotopic (exact) mass is 331 g/mol. The van der Waals surface area contributed by atoms with Crippen LogP contribution in [0.5, 0.6) is 0 Å². The molecule has 0 saturated carbocycles. The Morgan fingerprint density at radius 3 is 2.86 bits per heavy atom. The molecule has 3 aromatic rings. The lowest BCUT2D eigenvalue weighted by Crippen LogP contribution is -2.30. The van der Waals surface area contributed by atoms with Crippen molar-refractivity contribution in [3.8, 4) is 0 Å². The van der Waals surface area contributed by atoms with Crippen molar-refractivity contribution >= 4 is 44.3 Å². The van der Waals surface area contributed by atoms with Crippen molar-refractivity contribution in [2.45, 2.75) is 6.54 Å². The highest BCUT2D eigenvalue weighted by molar-refractivity contribution is 7.22. The predicted molar refractivity (Wildman–Crippen MR) is 91.6 cm³/mol. The summed E-state index contributed by atoms with van der Waals surface area (Å²) in [5, 5.41) is 4.09. The average Bonchev–Trinajstić information content (AvgIpc) is 2.89. The smallest absolute Gasteiger partial charge is 0.323 e. The van der Waals surface area contributed by atoms with E-state index in [4.69, 9.17) is 11.6 Å². The van der Waals surface area contributed by atoms with Gasteiger partial charge < -0.3 is 4.90 Å². The maximum atomic E-state index is 12.2. The minimum atomic E-state index is -0.195. The first-order chi connectivity index (χ1) is 10.6. The lowest BCUT2D eigenvalue weighted by Gasteiger charge is -2.17. The molecule has 22 heavy (non-hydrogen) atoms. The molecule has 6 heteroatoms. The summed E-state index contributed by atoms with van der Waals surface area (Å²) in [5.74, 6) is 0. The van der Waals surface area contributed by atoms with Crippen molar-refractivity contribution in [3.05, 3.63) is 59.1 Å². The van der Waals surface area contributed by atoms with Crippen molar-refractivity contribution in [2.24, 2.45) is 0 Å². The first kappa shape index (κ1) is 14.8. The molecule has 0 fully saturated rings. The Morgan fingerprint density at radius 1 is 1.27 bits per heavy atom. The van der Waals surface area contributed by atoms with E-state index in [9.17, 15) is 4.79 Å². The molecule has 1 heterocycles. The molecule has 2 aromatic carbocycles. The molecule has 0 radical (unpaired) electrons. The summed E-state index contributed by atoms with van der Waals surface area (Å²) in [4.78, 5) is 18.2. The number of amides is 2. The molecule has 0 spiro atoms. The molecule has 4 nitrogen and oxygen atoms in total. The van der Waals surface area contributed by atoms with Crippen molar-refractivity contribution < 1.29 is 4.79 Å². The van der Waals surface area contributed by atoms with E-state index in [-0.39, 0.29) is 6.03 Å². The number of hydrogen-bond donors (Lipinski definition) is 1. The molecule has 0 atom stereocenters. The number of anilines is 1. The highest BCUT2D eigenvalue weighted by atomic mass is 35.5. The van der Waals surface area contributed by atoms with Gasteiger partial charge in [0.25, 0.3) is 0 Å². The number of benzene rings is 2. The molecule has 2 amide bonds. The maximum Gasteiger partial charge on any atom is 0.323 e. The van der Waals surface area contributed by atoms with Gasteiger partial charge in [0.05, 0.1) is 10.2 Å². The summed E-state index contributed by atoms with van der Waals surface area (Å²) >= 11 is 7.42. The minimum Gasteiger partial charge on any atom is -0.323 e. The van der Waals surface area contributed by atoms with Gasteiger partial charge in [-0.15, -0.1) is 0 Å². The van der Waals surface area contributed by atoms with E-state index in [1.54, 1.807) is 11.9 Å². The summed E-state index contributed by atoms with van der Waals surface area (Å²) in [5.41, 5.74) is 1.87. The van der Waals surface area contributed by atoms with Crippen LogP contribution >= 0.6 is 22.9 Å². The van der Waals surface area contributed by atoms with E-state index in [1.165, 1.54) is 11.3 Å². The highest BCUT2D eigenvalue weighted by Crippen LogP contribution is 2.25. The first-order valence-corrected chi connectivity index (χ1v) is 7.93. The number of nitrogens with one attached hydrogen (secondary N) is 1. The van der Waals surface area contributed by atoms with Crippen molar-refractivity contribution in [3.63, 3.8) is 0 Å². The fraction of sp³-hybridized carbons (Fsp3) is 0.125. The van der Waals surface area contributed by atoms with Crippen LogP contribution in [0.25, 0.3) is 10.2 Å². The van der Waals surface area contributed by atoms with E-state index in [0.29, 0.717) is 16.7 Å². The van der Waals surface area contributed by atoms with Crippen molar-refractivity contribution in [2.75, 3.05) is 12.4 Å². The van der Waals surface area contributed by atoms with Crippen LogP contribution in [-0.2, 0) is 6.54 Å². The fourth-order valence-electron chi connectivity index (χ4n) is 2.09. The third-order valence-electron chi connectivity index (χ3n) is 3.16. The quantitative estimate of drug-likeness (QED) is 0.761. The van der Waals surface area contributed by atoms with Crippen LogP contribution in [0.1, 0.15) is 5.56 Å². The Balaban J connectivity index is 1.68. The van der Waals surface area contributed by atoms with Gasteiger partial charge in [0.2, 0.25) is 0 Å². The predicted octanol–water partition coefficient (Wildman–Crippen LogP) is 4.61. The first-order valence-electron chi connectivity index (χ1n) is 6.74. The molecule has 0 saturated heterocycles. The highest BCUT2D eigenvalue weighted by Gasteiger charge is 2.12. The third kappa shape index (κ3) is 3.37. The molecule has 3 rings (SSSR count). The Hall–Kier alpha value is -2.11. The number of thiazole rings is 1. The van der Waals surface area contributed by atoms with Gasteiger partial charge in [0.1, 0.15) is 0 Å². The maximum absolute atomic E-state index is 12.2. The Labute approximate surface area is 137 Å². The molecule has 0 aliphatic rings. The van der Waals surface area contributed by atoms with Gasteiger partial charge >= 0.3 is 6.03 Å². The zero-order chi connectivity index (χ0) is 15.5. The SMILES string of the molecule is CN(Cc1cccc(Cl)c1)C(=O)Nc1nc2ccccc2s1. The number of rotatable bonds is 3. The van der Waals surface area contributed by atoms with Crippen LogP contribution in [0, 0.1) is 0 Å². The summed E-state index contributed by atoms with van der Waals surface area (Å²) in [7, 11) is 1.74. The molecular weight excluding hydrogens is 318 g/mol. The van der Waals surface area contributed by atoms with E-state index in [1.807, 2.05) is 48.5 Å². The fourth-order valence-corrected chi connectivity index (χ4v) is 3.16. The van der Waals surface area contributed by atoms with E-state index in [0.717, 1.165) is 15.8 Å². The van der Waals surface area contributed by atoms with Crippen molar-refractivity contribution in [1.29, 1.82) is 0 Å². The van der Waals surface area contributed by atoms with Crippen LogP contribution in [0.2, 0.25) is 5.02 Å². The molecule has 1 aromatic heterocycles. The van der Waals surface area contributed by atoms with Gasteiger partial charge in [-0.25, -0.2) is 9.78 Å². The third-order valence-corrected chi connectivity index (χ3v) is 4.35. The zero-order valence-electron chi connectivity index (χ0n) is 11.9. The number of fused-ring (bicyclic) bond motifs is 1. The number of para-hydroxylation sites is 1. The van der Waals surface area contributed by atoms with Gasteiger partial charge in [-0.3, -0.25) is 5.32 Å². The normalized spacial score (nSPS) is 10.6. The Bertz CT molecular complexity index is 785. The molecule has 0 unspecified atom stereocenters. The van der Waals surface area contributed by atoms with Gasteiger partial charge in [0, 0.05) is 18.6 Å². The van der Waals surface area contributed by atoms with E-state index >= 15 is 0 Å². The molecule has 1 N–H and O–H groups in total. The number of carbonyl (C=O) groups is 1. The second-order valence-electron chi connectivity index (χ2n) is 4.90.